The van der Waals surface area contributed by atoms with E-state index in [0.29, 0.717) is 6.10 Å². The van der Waals surface area contributed by atoms with Crippen molar-refractivity contribution in [3.05, 3.63) is 0 Å². The number of aliphatic hydroxyl groups is 1. The fourth-order valence-corrected chi connectivity index (χ4v) is 2.43. The molecule has 96 valence electrons. The lowest BCUT2D eigenvalue weighted by atomic mass is 10.0. The van der Waals surface area contributed by atoms with Crippen LogP contribution in [-0.4, -0.2) is 54.5 Å². The highest BCUT2D eigenvalue weighted by molar-refractivity contribution is 4.85. The van der Waals surface area contributed by atoms with Gasteiger partial charge in [-0.15, -0.1) is 0 Å². The maximum absolute atomic E-state index is 9.43. The van der Waals surface area contributed by atoms with Crippen molar-refractivity contribution in [3.8, 4) is 0 Å². The molecule has 1 heterocycles. The molecule has 0 aromatic rings. The van der Waals surface area contributed by atoms with Crippen molar-refractivity contribution in [2.24, 2.45) is 5.73 Å². The van der Waals surface area contributed by atoms with Gasteiger partial charge < -0.3 is 15.6 Å². The first-order valence-corrected chi connectivity index (χ1v) is 6.45. The van der Waals surface area contributed by atoms with Crippen molar-refractivity contribution in [2.75, 3.05) is 26.3 Å². The molecule has 16 heavy (non-hydrogen) atoms. The predicted octanol–water partition coefficient (Wildman–Crippen LogP) is 0.586. The molecule has 3 unspecified atom stereocenters. The Balaban J connectivity index is 2.49. The van der Waals surface area contributed by atoms with E-state index in [9.17, 15) is 5.11 Å². The Labute approximate surface area is 98.8 Å². The lowest BCUT2D eigenvalue weighted by Gasteiger charge is -2.39. The fraction of sp³-hybridized carbons (Fsp3) is 1.00. The highest BCUT2D eigenvalue weighted by atomic mass is 16.5. The monoisotopic (exact) mass is 230 g/mol. The molecular weight excluding hydrogens is 204 g/mol. The summed E-state index contributed by atoms with van der Waals surface area (Å²) >= 11 is 0. The Morgan fingerprint density at radius 2 is 2.25 bits per heavy atom. The largest absolute Gasteiger partial charge is 0.395 e. The topological polar surface area (TPSA) is 58.7 Å². The van der Waals surface area contributed by atoms with Crippen LogP contribution in [0.15, 0.2) is 0 Å². The van der Waals surface area contributed by atoms with Crippen LogP contribution in [0.2, 0.25) is 0 Å². The maximum atomic E-state index is 9.43. The third-order valence-corrected chi connectivity index (χ3v) is 3.43. The molecule has 0 saturated carbocycles. The maximum Gasteiger partial charge on any atom is 0.0702 e. The molecule has 4 nitrogen and oxygen atoms in total. The van der Waals surface area contributed by atoms with E-state index in [0.717, 1.165) is 39.0 Å². The Morgan fingerprint density at radius 1 is 1.50 bits per heavy atom. The van der Waals surface area contributed by atoms with E-state index >= 15 is 0 Å². The van der Waals surface area contributed by atoms with E-state index in [1.807, 2.05) is 6.92 Å². The SMILES string of the molecule is CCOC1CCCN(C(CO)C(N)CC)C1. The summed E-state index contributed by atoms with van der Waals surface area (Å²) < 4.78 is 5.66. The van der Waals surface area contributed by atoms with Gasteiger partial charge in [0.15, 0.2) is 0 Å². The first kappa shape index (κ1) is 13.9. The van der Waals surface area contributed by atoms with E-state index in [1.54, 1.807) is 0 Å². The molecule has 0 aliphatic carbocycles. The number of piperidine rings is 1. The molecule has 1 aliphatic heterocycles. The van der Waals surface area contributed by atoms with Crippen molar-refractivity contribution in [3.63, 3.8) is 0 Å². The van der Waals surface area contributed by atoms with Crippen LogP contribution < -0.4 is 5.73 Å². The van der Waals surface area contributed by atoms with Crippen LogP contribution in [0.1, 0.15) is 33.1 Å². The standard InChI is InChI=1S/C12H26N2O2/c1-3-11(13)12(9-15)14-7-5-6-10(8-14)16-4-2/h10-12,15H,3-9,13H2,1-2H3. The van der Waals surface area contributed by atoms with Crippen LogP contribution in [-0.2, 0) is 4.74 Å². The number of rotatable bonds is 6. The summed E-state index contributed by atoms with van der Waals surface area (Å²) in [5, 5.41) is 9.43. The molecule has 0 bridgehead atoms. The Morgan fingerprint density at radius 3 is 2.81 bits per heavy atom. The third kappa shape index (κ3) is 3.70. The van der Waals surface area contributed by atoms with Gasteiger partial charge in [0.2, 0.25) is 0 Å². The Kier molecular flexibility index (Phi) is 6.28. The second kappa shape index (κ2) is 7.22. The van der Waals surface area contributed by atoms with E-state index < -0.39 is 0 Å². The summed E-state index contributed by atoms with van der Waals surface area (Å²) in [5.41, 5.74) is 6.04. The molecule has 1 fully saturated rings. The molecule has 4 heteroatoms. The fourth-order valence-electron chi connectivity index (χ4n) is 2.43. The summed E-state index contributed by atoms with van der Waals surface area (Å²) in [7, 11) is 0. The van der Waals surface area contributed by atoms with Crippen LogP contribution >= 0.6 is 0 Å². The minimum atomic E-state index is 0.0605. The number of hydrogen-bond donors (Lipinski definition) is 2. The summed E-state index contributed by atoms with van der Waals surface area (Å²) in [4.78, 5) is 2.29. The Bertz CT molecular complexity index is 188. The van der Waals surface area contributed by atoms with Crippen LogP contribution in [0, 0.1) is 0 Å². The van der Waals surface area contributed by atoms with Crippen molar-refractivity contribution in [1.82, 2.24) is 4.90 Å². The second-order valence-corrected chi connectivity index (χ2v) is 4.54. The minimum Gasteiger partial charge on any atom is -0.395 e. The molecule has 0 spiro atoms. The molecule has 1 aliphatic rings. The lowest BCUT2D eigenvalue weighted by Crippen LogP contribution is -2.54. The van der Waals surface area contributed by atoms with Crippen LogP contribution in [0.4, 0.5) is 0 Å². The second-order valence-electron chi connectivity index (χ2n) is 4.54. The van der Waals surface area contributed by atoms with E-state index in [1.165, 1.54) is 0 Å². The first-order chi connectivity index (χ1) is 7.72. The van der Waals surface area contributed by atoms with Gasteiger partial charge in [-0.25, -0.2) is 0 Å². The first-order valence-electron chi connectivity index (χ1n) is 6.45. The molecule has 1 saturated heterocycles. The molecule has 3 atom stereocenters. The van der Waals surface area contributed by atoms with Crippen LogP contribution in [0.5, 0.6) is 0 Å². The van der Waals surface area contributed by atoms with Gasteiger partial charge in [-0.05, 0) is 32.7 Å². The molecule has 0 amide bonds. The Hall–Kier alpha value is -0.160. The zero-order valence-electron chi connectivity index (χ0n) is 10.6. The van der Waals surface area contributed by atoms with E-state index in [2.05, 4.69) is 11.8 Å². The molecule has 0 aromatic heterocycles. The van der Waals surface area contributed by atoms with Crippen LogP contribution in [0.25, 0.3) is 0 Å². The molecule has 1 rings (SSSR count). The number of likely N-dealkylation sites (tertiary alicyclic amines) is 1. The summed E-state index contributed by atoms with van der Waals surface area (Å²) in [5.74, 6) is 0. The lowest BCUT2D eigenvalue weighted by molar-refractivity contribution is -0.0201. The summed E-state index contributed by atoms with van der Waals surface area (Å²) in [6, 6.07) is 0.152. The van der Waals surface area contributed by atoms with Gasteiger partial charge in [-0.3, -0.25) is 4.90 Å². The molecule has 0 aromatic carbocycles. The average Bonchev–Trinajstić information content (AvgIpc) is 2.31. The van der Waals surface area contributed by atoms with Gasteiger partial charge in [0, 0.05) is 25.2 Å². The van der Waals surface area contributed by atoms with Crippen molar-refractivity contribution in [2.45, 2.75) is 51.3 Å². The van der Waals surface area contributed by atoms with Gasteiger partial charge in [-0.1, -0.05) is 6.92 Å². The van der Waals surface area contributed by atoms with E-state index in [4.69, 9.17) is 10.5 Å². The zero-order chi connectivity index (χ0) is 12.0. The van der Waals surface area contributed by atoms with E-state index in [-0.39, 0.29) is 18.7 Å². The quantitative estimate of drug-likeness (QED) is 0.701. The average molecular weight is 230 g/mol. The van der Waals surface area contributed by atoms with Gasteiger partial charge in [0.1, 0.15) is 0 Å². The smallest absolute Gasteiger partial charge is 0.0702 e. The normalized spacial score (nSPS) is 26.6. The summed E-state index contributed by atoms with van der Waals surface area (Å²) in [6.45, 7) is 6.95. The molecule has 0 radical (unpaired) electrons. The number of aliphatic hydroxyl groups excluding tert-OH is 1. The number of nitrogens with two attached hydrogens (primary N) is 1. The number of hydrogen-bond acceptors (Lipinski definition) is 4. The van der Waals surface area contributed by atoms with Gasteiger partial charge in [0.25, 0.3) is 0 Å². The predicted molar refractivity (Wildman–Crippen MR) is 65.4 cm³/mol. The van der Waals surface area contributed by atoms with Crippen molar-refractivity contribution < 1.29 is 9.84 Å². The van der Waals surface area contributed by atoms with Crippen molar-refractivity contribution >= 4 is 0 Å². The number of nitrogens with zero attached hydrogens (tertiary/aromatic N) is 1. The van der Waals surface area contributed by atoms with Gasteiger partial charge >= 0.3 is 0 Å². The third-order valence-electron chi connectivity index (χ3n) is 3.43. The van der Waals surface area contributed by atoms with Gasteiger partial charge in [0.05, 0.1) is 12.7 Å². The highest BCUT2D eigenvalue weighted by Gasteiger charge is 2.28. The zero-order valence-corrected chi connectivity index (χ0v) is 10.6. The highest BCUT2D eigenvalue weighted by Crippen LogP contribution is 2.17. The molecule has 3 N–H and O–H groups in total. The van der Waals surface area contributed by atoms with Gasteiger partial charge in [-0.2, -0.15) is 0 Å². The summed E-state index contributed by atoms with van der Waals surface area (Å²) in [6.07, 6.45) is 3.49. The number of ether oxygens (including phenoxy) is 1. The molecular formula is C12H26N2O2. The van der Waals surface area contributed by atoms with Crippen LogP contribution in [0.3, 0.4) is 0 Å². The minimum absolute atomic E-state index is 0.0605. The van der Waals surface area contributed by atoms with Crippen molar-refractivity contribution in [1.29, 1.82) is 0 Å².